The third kappa shape index (κ3) is 6.55. The van der Waals surface area contributed by atoms with Gasteiger partial charge in [0.2, 0.25) is 0 Å². The van der Waals surface area contributed by atoms with Crippen molar-refractivity contribution < 1.29 is 14.7 Å². The Balaban J connectivity index is 1.75. The Bertz CT molecular complexity index is 1230. The van der Waals surface area contributed by atoms with Gasteiger partial charge in [0, 0.05) is 58.2 Å². The van der Waals surface area contributed by atoms with Crippen LogP contribution >= 0.6 is 15.9 Å². The topological polar surface area (TPSA) is 106 Å². The van der Waals surface area contributed by atoms with Crippen LogP contribution in [0.1, 0.15) is 79.2 Å². The van der Waals surface area contributed by atoms with E-state index in [0.717, 1.165) is 52.7 Å². The van der Waals surface area contributed by atoms with Gasteiger partial charge in [-0.1, -0.05) is 15.9 Å². The summed E-state index contributed by atoms with van der Waals surface area (Å²) in [6.45, 7) is 11.6. The number of anilines is 1. The molecule has 3 rings (SSSR count). The first kappa shape index (κ1) is 28.8. The Morgan fingerprint density at radius 3 is 2.22 bits per heavy atom. The molecule has 1 aliphatic carbocycles. The fourth-order valence-corrected chi connectivity index (χ4v) is 5.97. The van der Waals surface area contributed by atoms with Crippen molar-refractivity contribution in [3.63, 3.8) is 0 Å². The lowest BCUT2D eigenvalue weighted by Gasteiger charge is -2.44. The van der Waals surface area contributed by atoms with Gasteiger partial charge in [-0.15, -0.1) is 0 Å². The van der Waals surface area contributed by atoms with Crippen LogP contribution in [-0.4, -0.2) is 51.7 Å². The molecule has 2 amide bonds. The number of carboxylic acid groups (broad SMARTS) is 1. The zero-order valence-electron chi connectivity index (χ0n) is 22.9. The number of nitrogens with zero attached hydrogens (tertiary/aromatic N) is 2. The number of rotatable bonds is 6. The summed E-state index contributed by atoms with van der Waals surface area (Å²) in [7, 11) is 2.04. The number of aryl methyl sites for hydroxylation is 2. The molecule has 37 heavy (non-hydrogen) atoms. The predicted octanol–water partition coefficient (Wildman–Crippen LogP) is 5.52. The van der Waals surface area contributed by atoms with E-state index in [1.54, 1.807) is 11.0 Å². The summed E-state index contributed by atoms with van der Waals surface area (Å²) in [5.41, 5.74) is 3.92. The molecule has 0 spiro atoms. The van der Waals surface area contributed by atoms with E-state index >= 15 is 0 Å². The van der Waals surface area contributed by atoms with Crippen LogP contribution in [-0.2, 0) is 6.54 Å². The van der Waals surface area contributed by atoms with Crippen molar-refractivity contribution in [2.75, 3.05) is 11.9 Å². The Morgan fingerprint density at radius 2 is 1.68 bits per heavy atom. The van der Waals surface area contributed by atoms with Gasteiger partial charge in [0.05, 0.1) is 0 Å². The second kappa shape index (κ2) is 11.3. The molecule has 0 bridgehead atoms. The summed E-state index contributed by atoms with van der Waals surface area (Å²) in [4.78, 5) is 44.0. The highest BCUT2D eigenvalue weighted by Gasteiger charge is 2.36. The zero-order valence-corrected chi connectivity index (χ0v) is 24.5. The monoisotopic (exact) mass is 574 g/mol. The van der Waals surface area contributed by atoms with Crippen molar-refractivity contribution in [1.29, 1.82) is 0 Å². The van der Waals surface area contributed by atoms with Gasteiger partial charge < -0.3 is 25.2 Å². The number of hydrogen-bond donors (Lipinski definition) is 3. The molecule has 0 atom stereocenters. The number of aromatic amines is 1. The summed E-state index contributed by atoms with van der Waals surface area (Å²) in [6, 6.07) is 5.96. The van der Waals surface area contributed by atoms with Crippen LogP contribution in [0.25, 0.3) is 0 Å². The van der Waals surface area contributed by atoms with Gasteiger partial charge in [-0.3, -0.25) is 9.59 Å². The molecule has 2 aromatic rings. The highest BCUT2D eigenvalue weighted by molar-refractivity contribution is 9.10. The fourth-order valence-electron chi connectivity index (χ4n) is 5.52. The van der Waals surface area contributed by atoms with Gasteiger partial charge in [-0.25, -0.2) is 4.79 Å². The lowest BCUT2D eigenvalue weighted by Crippen LogP contribution is -2.53. The molecule has 1 aromatic heterocycles. The first-order chi connectivity index (χ1) is 17.2. The summed E-state index contributed by atoms with van der Waals surface area (Å²) in [5.74, 6) is -0.237. The van der Waals surface area contributed by atoms with Crippen LogP contribution in [0.5, 0.6) is 0 Å². The number of aromatic nitrogens is 1. The molecular weight excluding hydrogens is 536 g/mol. The molecule has 0 radical (unpaired) electrons. The number of nitrogens with one attached hydrogen (secondary N) is 2. The molecule has 3 N–H and O–H groups in total. The van der Waals surface area contributed by atoms with Crippen LogP contribution in [0.3, 0.4) is 0 Å². The number of amides is 2. The number of hydrogen-bond acceptors (Lipinski definition) is 4. The van der Waals surface area contributed by atoms with Crippen LogP contribution < -0.4 is 15.8 Å². The van der Waals surface area contributed by atoms with E-state index in [4.69, 9.17) is 0 Å². The maximum absolute atomic E-state index is 13.2. The normalized spacial score (nSPS) is 17.8. The molecule has 9 heteroatoms. The maximum atomic E-state index is 13.2. The summed E-state index contributed by atoms with van der Waals surface area (Å²) < 4.78 is 0.799. The Hall–Kier alpha value is -2.81. The number of pyridine rings is 1. The lowest BCUT2D eigenvalue weighted by molar-refractivity contribution is 0.0547. The number of benzene rings is 1. The second-order valence-electron chi connectivity index (χ2n) is 11.1. The van der Waals surface area contributed by atoms with Crippen LogP contribution in [0.2, 0.25) is 0 Å². The Labute approximate surface area is 227 Å². The van der Waals surface area contributed by atoms with Crippen molar-refractivity contribution in [1.82, 2.24) is 15.2 Å². The van der Waals surface area contributed by atoms with E-state index < -0.39 is 11.6 Å². The molecule has 0 saturated heterocycles. The molecule has 1 fully saturated rings. The smallest absolute Gasteiger partial charge is 0.407 e. The maximum Gasteiger partial charge on any atom is 0.407 e. The first-order valence-corrected chi connectivity index (χ1v) is 13.5. The third-order valence-corrected chi connectivity index (χ3v) is 7.85. The molecular formula is C28H39BrN4O4. The number of carbonyl (C=O) groups is 2. The second-order valence-corrected chi connectivity index (χ2v) is 12.0. The van der Waals surface area contributed by atoms with Gasteiger partial charge in [0.15, 0.2) is 0 Å². The minimum Gasteiger partial charge on any atom is -0.465 e. The van der Waals surface area contributed by atoms with Gasteiger partial charge >= 0.3 is 6.09 Å². The standard InChI is InChI=1S/C28H39BrN4O4/c1-16-12-17(2)31-26(35)23(16)15-30-25(34)22-13-19(29)14-24(18(22)3)32(7)20-8-10-21(11-9-20)33(27(36)37)28(4,5)6/h12-14,20-21H,8-11,15H2,1-7H3,(H,30,34)(H,31,35)(H,36,37)/t20-,21-. The van der Waals surface area contributed by atoms with E-state index in [2.05, 4.69) is 31.1 Å². The van der Waals surface area contributed by atoms with E-state index in [9.17, 15) is 19.5 Å². The predicted molar refractivity (Wildman–Crippen MR) is 151 cm³/mol. The highest BCUT2D eigenvalue weighted by Crippen LogP contribution is 2.35. The van der Waals surface area contributed by atoms with E-state index in [0.29, 0.717) is 11.1 Å². The average Bonchev–Trinajstić information content (AvgIpc) is 2.78. The fraction of sp³-hybridized carbons (Fsp3) is 0.536. The van der Waals surface area contributed by atoms with Crippen LogP contribution in [0.4, 0.5) is 10.5 Å². The van der Waals surface area contributed by atoms with Crippen LogP contribution in [0.15, 0.2) is 27.5 Å². The molecule has 1 aromatic carbocycles. The Morgan fingerprint density at radius 1 is 1.08 bits per heavy atom. The van der Waals surface area contributed by atoms with Crippen molar-refractivity contribution in [2.24, 2.45) is 0 Å². The van der Waals surface area contributed by atoms with E-state index in [1.165, 1.54) is 0 Å². The molecule has 8 nitrogen and oxygen atoms in total. The molecule has 0 unspecified atom stereocenters. The van der Waals surface area contributed by atoms with Gasteiger partial charge in [0.25, 0.3) is 11.5 Å². The van der Waals surface area contributed by atoms with Crippen LogP contribution in [0, 0.1) is 20.8 Å². The number of carbonyl (C=O) groups excluding carboxylic acids is 1. The SMILES string of the molecule is Cc1cc(C)c(CNC(=O)c2cc(Br)cc(N(C)[C@H]3CC[C@H](N(C(=O)O)C(C)(C)C)CC3)c2C)c(=O)[nH]1. The average molecular weight is 576 g/mol. The van der Waals surface area contributed by atoms with Crippen molar-refractivity contribution in [2.45, 2.75) is 91.4 Å². The molecule has 202 valence electrons. The summed E-state index contributed by atoms with van der Waals surface area (Å²) in [6.07, 6.45) is 2.45. The Kier molecular flexibility index (Phi) is 8.78. The minimum absolute atomic E-state index is 0.000441. The van der Waals surface area contributed by atoms with E-state index in [-0.39, 0.29) is 30.1 Å². The quantitative estimate of drug-likeness (QED) is 0.421. The molecule has 1 aliphatic rings. The lowest BCUT2D eigenvalue weighted by atomic mass is 9.87. The molecule has 1 saturated carbocycles. The molecule has 1 heterocycles. The minimum atomic E-state index is -0.870. The van der Waals surface area contributed by atoms with E-state index in [1.807, 2.05) is 60.7 Å². The largest absolute Gasteiger partial charge is 0.465 e. The number of halogens is 1. The number of H-pyrrole nitrogens is 1. The van der Waals surface area contributed by atoms with Gasteiger partial charge in [-0.05, 0) is 96.6 Å². The van der Waals surface area contributed by atoms with Gasteiger partial charge in [0.1, 0.15) is 0 Å². The zero-order chi connectivity index (χ0) is 27.7. The summed E-state index contributed by atoms with van der Waals surface area (Å²) >= 11 is 3.57. The molecule has 0 aliphatic heterocycles. The highest BCUT2D eigenvalue weighted by atomic mass is 79.9. The van der Waals surface area contributed by atoms with Crippen molar-refractivity contribution in [3.8, 4) is 0 Å². The van der Waals surface area contributed by atoms with Crippen molar-refractivity contribution >= 4 is 33.6 Å². The summed E-state index contributed by atoms with van der Waals surface area (Å²) in [5, 5.41) is 12.7. The third-order valence-electron chi connectivity index (χ3n) is 7.40. The van der Waals surface area contributed by atoms with Gasteiger partial charge in [-0.2, -0.15) is 0 Å². The first-order valence-electron chi connectivity index (χ1n) is 12.7. The van der Waals surface area contributed by atoms with Crippen molar-refractivity contribution in [3.05, 3.63) is 61.0 Å².